The van der Waals surface area contributed by atoms with Gasteiger partial charge in [-0.2, -0.15) is 0 Å². The molecular formula is C29H34BrClFN3O6. The summed E-state index contributed by atoms with van der Waals surface area (Å²) in [4.78, 5) is 44.9. The molecule has 0 bridgehead atoms. The summed E-state index contributed by atoms with van der Waals surface area (Å²) in [5.74, 6) is -2.29. The van der Waals surface area contributed by atoms with E-state index in [9.17, 15) is 19.5 Å². The molecule has 9 nitrogen and oxygen atoms in total. The van der Waals surface area contributed by atoms with Crippen molar-refractivity contribution < 1.29 is 33.4 Å². The third-order valence-electron chi connectivity index (χ3n) is 6.18. The second kappa shape index (κ2) is 12.1. The molecule has 12 heteroatoms. The number of carbonyl (C=O) groups excluding carboxylic acids is 3. The van der Waals surface area contributed by atoms with Gasteiger partial charge < -0.3 is 19.9 Å². The van der Waals surface area contributed by atoms with Crippen LogP contribution in [0.3, 0.4) is 0 Å². The molecule has 2 atom stereocenters. The van der Waals surface area contributed by atoms with E-state index in [0.717, 1.165) is 4.90 Å². The first-order chi connectivity index (χ1) is 18.9. The molecule has 3 rings (SSSR count). The van der Waals surface area contributed by atoms with Crippen LogP contribution in [0.4, 0.5) is 9.18 Å². The van der Waals surface area contributed by atoms with E-state index in [2.05, 4.69) is 26.2 Å². The van der Waals surface area contributed by atoms with E-state index in [-0.39, 0.29) is 28.5 Å². The van der Waals surface area contributed by atoms with Crippen LogP contribution in [0.25, 0.3) is 0 Å². The quantitative estimate of drug-likeness (QED) is 0.361. The number of aliphatic imine (C=N–C) groups is 1. The molecule has 2 aromatic carbocycles. The van der Waals surface area contributed by atoms with E-state index >= 15 is 4.39 Å². The SMILES string of the molecule is COC(=O)c1cc([C@@H](CO)N2C(=O)[C@@](CC(C)(C)C)(c3ccc(Br)cc3F)NC2=NC(=O)OC(C)(C)C)ccc1Cl. The Hall–Kier alpha value is -3.02. The third kappa shape index (κ3) is 7.25. The van der Waals surface area contributed by atoms with Crippen molar-refractivity contribution in [3.8, 4) is 0 Å². The summed E-state index contributed by atoms with van der Waals surface area (Å²) < 4.78 is 26.2. The van der Waals surface area contributed by atoms with Crippen LogP contribution in [-0.2, 0) is 19.8 Å². The fourth-order valence-electron chi connectivity index (χ4n) is 4.73. The molecular weight excluding hydrogens is 621 g/mol. The maximum atomic E-state index is 15.6. The number of halogens is 3. The van der Waals surface area contributed by atoms with E-state index < -0.39 is 53.0 Å². The number of rotatable bonds is 6. The third-order valence-corrected chi connectivity index (χ3v) is 7.00. The Bertz CT molecular complexity index is 1390. The number of aliphatic hydroxyl groups excluding tert-OH is 1. The Morgan fingerprint density at radius 3 is 2.37 bits per heavy atom. The van der Waals surface area contributed by atoms with Crippen LogP contribution in [0.2, 0.25) is 5.02 Å². The first-order valence-electron chi connectivity index (χ1n) is 12.8. The van der Waals surface area contributed by atoms with E-state index in [1.165, 1.54) is 37.4 Å². The van der Waals surface area contributed by atoms with Gasteiger partial charge in [0.05, 0.1) is 30.3 Å². The Labute approximate surface area is 252 Å². The van der Waals surface area contributed by atoms with Crippen LogP contribution in [0, 0.1) is 11.2 Å². The number of ether oxygens (including phenoxy) is 2. The zero-order valence-corrected chi connectivity index (χ0v) is 26.3. The lowest BCUT2D eigenvalue weighted by atomic mass is 9.75. The van der Waals surface area contributed by atoms with Gasteiger partial charge in [0.2, 0.25) is 5.96 Å². The van der Waals surface area contributed by atoms with Crippen LogP contribution in [0.15, 0.2) is 45.9 Å². The van der Waals surface area contributed by atoms with Crippen molar-refractivity contribution in [1.29, 1.82) is 0 Å². The summed E-state index contributed by atoms with van der Waals surface area (Å²) in [5.41, 5.74) is -2.79. The molecule has 2 N–H and O–H groups in total. The maximum Gasteiger partial charge on any atom is 0.437 e. The highest BCUT2D eigenvalue weighted by Gasteiger charge is 2.56. The van der Waals surface area contributed by atoms with Gasteiger partial charge in [0.25, 0.3) is 5.91 Å². The van der Waals surface area contributed by atoms with Crippen molar-refractivity contribution in [3.63, 3.8) is 0 Å². The summed E-state index contributed by atoms with van der Waals surface area (Å²) in [6.45, 7) is 10.0. The lowest BCUT2D eigenvalue weighted by molar-refractivity contribution is -0.135. The Balaban J connectivity index is 2.29. The first-order valence-corrected chi connectivity index (χ1v) is 14.0. The van der Waals surface area contributed by atoms with Crippen LogP contribution in [0.5, 0.6) is 0 Å². The number of carbonyl (C=O) groups is 3. The molecule has 0 radical (unpaired) electrons. The molecule has 2 amide bonds. The number of nitrogens with zero attached hydrogens (tertiary/aromatic N) is 2. The monoisotopic (exact) mass is 653 g/mol. The van der Waals surface area contributed by atoms with Gasteiger partial charge in [-0.05, 0) is 62.4 Å². The first kappa shape index (κ1) is 32.5. The predicted octanol–water partition coefficient (Wildman–Crippen LogP) is 6.12. The molecule has 1 fully saturated rings. The Morgan fingerprint density at radius 2 is 1.83 bits per heavy atom. The molecule has 222 valence electrons. The zero-order chi connectivity index (χ0) is 30.9. The number of hydrogen-bond donors (Lipinski definition) is 2. The van der Waals surface area contributed by atoms with Gasteiger partial charge in [0, 0.05) is 10.0 Å². The van der Waals surface area contributed by atoms with Crippen molar-refractivity contribution in [2.75, 3.05) is 13.7 Å². The van der Waals surface area contributed by atoms with E-state index in [4.69, 9.17) is 21.1 Å². The molecule has 0 saturated carbocycles. The molecule has 0 aromatic heterocycles. The number of amides is 2. The van der Waals surface area contributed by atoms with Crippen molar-refractivity contribution in [3.05, 3.63) is 68.4 Å². The average Bonchev–Trinajstić information content (AvgIpc) is 3.08. The second-order valence-electron chi connectivity index (χ2n) is 11.9. The van der Waals surface area contributed by atoms with Crippen LogP contribution >= 0.6 is 27.5 Å². The molecule has 0 aliphatic carbocycles. The highest BCUT2D eigenvalue weighted by atomic mass is 79.9. The number of benzene rings is 2. The number of esters is 1. The molecule has 2 aromatic rings. The van der Waals surface area contributed by atoms with Gasteiger partial charge in [0.1, 0.15) is 17.0 Å². The van der Waals surface area contributed by atoms with Crippen molar-refractivity contribution >= 4 is 51.5 Å². The van der Waals surface area contributed by atoms with Gasteiger partial charge in [-0.25, -0.2) is 14.0 Å². The lowest BCUT2D eigenvalue weighted by Gasteiger charge is -2.35. The summed E-state index contributed by atoms with van der Waals surface area (Å²) >= 11 is 9.46. The molecule has 1 aliphatic heterocycles. The highest BCUT2D eigenvalue weighted by Crippen LogP contribution is 2.43. The van der Waals surface area contributed by atoms with Crippen LogP contribution < -0.4 is 5.32 Å². The molecule has 1 heterocycles. The zero-order valence-electron chi connectivity index (χ0n) is 24.0. The van der Waals surface area contributed by atoms with E-state index in [1.807, 2.05) is 20.8 Å². The summed E-state index contributed by atoms with van der Waals surface area (Å²) in [6, 6.07) is 7.52. The predicted molar refractivity (Wildman–Crippen MR) is 156 cm³/mol. The molecule has 41 heavy (non-hydrogen) atoms. The van der Waals surface area contributed by atoms with Crippen molar-refractivity contribution in [1.82, 2.24) is 10.2 Å². The number of guanidine groups is 1. The van der Waals surface area contributed by atoms with Gasteiger partial charge >= 0.3 is 12.1 Å². The Kier molecular flexibility index (Phi) is 9.57. The van der Waals surface area contributed by atoms with E-state index in [0.29, 0.717) is 10.0 Å². The lowest BCUT2D eigenvalue weighted by Crippen LogP contribution is -2.47. The van der Waals surface area contributed by atoms with Crippen LogP contribution in [-0.4, -0.2) is 53.3 Å². The van der Waals surface area contributed by atoms with Gasteiger partial charge in [-0.1, -0.05) is 60.4 Å². The van der Waals surface area contributed by atoms with Gasteiger partial charge in [0.15, 0.2) is 0 Å². The maximum absolute atomic E-state index is 15.6. The van der Waals surface area contributed by atoms with Crippen molar-refractivity contribution in [2.45, 2.75) is 65.1 Å². The molecule has 1 saturated heterocycles. The van der Waals surface area contributed by atoms with E-state index in [1.54, 1.807) is 26.8 Å². The largest absolute Gasteiger partial charge is 0.465 e. The number of methoxy groups -OCH3 is 1. The van der Waals surface area contributed by atoms with Crippen LogP contribution in [0.1, 0.15) is 75.5 Å². The number of nitrogens with one attached hydrogen (secondary N) is 1. The van der Waals surface area contributed by atoms with Gasteiger partial charge in [-0.15, -0.1) is 4.99 Å². The molecule has 0 spiro atoms. The topological polar surface area (TPSA) is 118 Å². The summed E-state index contributed by atoms with van der Waals surface area (Å²) in [7, 11) is 1.20. The fraction of sp³-hybridized carbons (Fsp3) is 0.448. The number of hydrogen-bond acceptors (Lipinski definition) is 6. The second-order valence-corrected chi connectivity index (χ2v) is 13.2. The minimum atomic E-state index is -1.71. The summed E-state index contributed by atoms with van der Waals surface area (Å²) in [6.07, 6.45) is -0.906. The molecule has 0 unspecified atom stereocenters. The normalized spacial score (nSPS) is 19.2. The molecule has 1 aliphatic rings. The number of aliphatic hydroxyl groups is 1. The smallest absolute Gasteiger partial charge is 0.437 e. The average molecular weight is 655 g/mol. The van der Waals surface area contributed by atoms with Crippen molar-refractivity contribution in [2.24, 2.45) is 10.4 Å². The minimum Gasteiger partial charge on any atom is -0.465 e. The van der Waals surface area contributed by atoms with Gasteiger partial charge in [-0.3, -0.25) is 9.69 Å². The minimum absolute atomic E-state index is 0.00950. The standard InChI is InChI=1S/C29H34BrClFN3O6/c1-27(2,3)15-29(19-10-9-17(30)13-21(19)32)24(38)35(25(34-29)33-26(39)41-28(4,5)6)22(14-36)16-8-11-20(31)18(12-16)23(37)40-7/h8-13,22,36H,14-15H2,1-7H3,(H,33,34,39)/t22-,29-/m1/s1. The summed E-state index contributed by atoms with van der Waals surface area (Å²) in [5, 5.41) is 13.7. The Morgan fingerprint density at radius 1 is 1.17 bits per heavy atom. The fourth-order valence-corrected chi connectivity index (χ4v) is 5.26. The highest BCUT2D eigenvalue weighted by molar-refractivity contribution is 9.10.